The second-order valence-electron chi connectivity index (χ2n) is 5.15. The van der Waals surface area contributed by atoms with E-state index in [0.29, 0.717) is 17.0 Å². The molecule has 0 radical (unpaired) electrons. The van der Waals surface area contributed by atoms with Crippen LogP contribution in [-0.2, 0) is 0 Å². The van der Waals surface area contributed by atoms with E-state index in [9.17, 15) is 14.9 Å². The first-order valence-corrected chi connectivity index (χ1v) is 7.13. The van der Waals surface area contributed by atoms with Crippen molar-refractivity contribution in [3.8, 4) is 11.3 Å². The predicted molar refractivity (Wildman–Crippen MR) is 87.7 cm³/mol. The van der Waals surface area contributed by atoms with Gasteiger partial charge in [0.2, 0.25) is 0 Å². The van der Waals surface area contributed by atoms with Crippen LogP contribution in [0.4, 0.5) is 11.4 Å². The van der Waals surface area contributed by atoms with Crippen LogP contribution in [0.5, 0.6) is 0 Å². The average Bonchev–Trinajstić information content (AvgIpc) is 3.07. The number of aromatic nitrogens is 1. The van der Waals surface area contributed by atoms with Crippen molar-refractivity contribution in [1.82, 2.24) is 5.16 Å². The molecule has 7 heteroatoms. The van der Waals surface area contributed by atoms with E-state index in [-0.39, 0.29) is 11.4 Å². The molecular formula is C17H13N3O4. The molecule has 0 bridgehead atoms. The van der Waals surface area contributed by atoms with Crippen molar-refractivity contribution >= 4 is 17.3 Å². The molecule has 0 aliphatic heterocycles. The maximum atomic E-state index is 12.3. The Bertz CT molecular complexity index is 903. The van der Waals surface area contributed by atoms with Gasteiger partial charge >= 0.3 is 0 Å². The number of rotatable bonds is 4. The van der Waals surface area contributed by atoms with Crippen LogP contribution < -0.4 is 5.32 Å². The monoisotopic (exact) mass is 323 g/mol. The highest BCUT2D eigenvalue weighted by Gasteiger charge is 2.16. The molecule has 2 aromatic carbocycles. The summed E-state index contributed by atoms with van der Waals surface area (Å²) < 4.78 is 5.18. The Hall–Kier alpha value is -3.48. The molecule has 0 saturated heterocycles. The van der Waals surface area contributed by atoms with Crippen molar-refractivity contribution in [1.29, 1.82) is 0 Å². The number of hydrogen-bond donors (Lipinski definition) is 1. The molecule has 0 spiro atoms. The summed E-state index contributed by atoms with van der Waals surface area (Å²) in [6.45, 7) is 1.75. The molecule has 0 saturated carbocycles. The number of carbonyl (C=O) groups excluding carboxylic acids is 1. The smallest absolute Gasteiger partial charge is 0.277 e. The van der Waals surface area contributed by atoms with Crippen molar-refractivity contribution in [3.63, 3.8) is 0 Å². The lowest BCUT2D eigenvalue weighted by molar-refractivity contribution is -0.384. The number of nitrogens with zero attached hydrogens (tertiary/aromatic N) is 2. The van der Waals surface area contributed by atoms with Crippen LogP contribution in [0.25, 0.3) is 11.3 Å². The van der Waals surface area contributed by atoms with Crippen LogP contribution in [0.3, 0.4) is 0 Å². The van der Waals surface area contributed by atoms with Gasteiger partial charge in [-0.15, -0.1) is 0 Å². The first kappa shape index (κ1) is 15.4. The quantitative estimate of drug-likeness (QED) is 0.581. The number of non-ortho nitro benzene ring substituents is 1. The molecule has 0 aliphatic carbocycles. The summed E-state index contributed by atoms with van der Waals surface area (Å²) in [6, 6.07) is 15.1. The fraction of sp³-hybridized carbons (Fsp3) is 0.0588. The van der Waals surface area contributed by atoms with E-state index >= 15 is 0 Å². The lowest BCUT2D eigenvalue weighted by Gasteiger charge is -2.06. The molecule has 3 aromatic rings. The minimum atomic E-state index is -0.515. The third-order valence-electron chi connectivity index (χ3n) is 3.48. The Morgan fingerprint density at radius 3 is 2.62 bits per heavy atom. The van der Waals surface area contributed by atoms with Gasteiger partial charge in [0.15, 0.2) is 11.5 Å². The molecule has 0 unspecified atom stereocenters. The van der Waals surface area contributed by atoms with Crippen molar-refractivity contribution in [2.24, 2.45) is 0 Å². The molecule has 1 heterocycles. The Balaban J connectivity index is 1.82. The molecule has 0 aliphatic rings. The average molecular weight is 323 g/mol. The minimum Gasteiger partial charge on any atom is -0.355 e. The lowest BCUT2D eigenvalue weighted by Crippen LogP contribution is -2.13. The van der Waals surface area contributed by atoms with E-state index in [4.69, 9.17) is 4.52 Å². The van der Waals surface area contributed by atoms with E-state index in [0.717, 1.165) is 5.56 Å². The van der Waals surface area contributed by atoms with Gasteiger partial charge in [0.1, 0.15) is 0 Å². The van der Waals surface area contributed by atoms with Crippen LogP contribution in [0.1, 0.15) is 16.1 Å². The molecule has 0 fully saturated rings. The van der Waals surface area contributed by atoms with Crippen molar-refractivity contribution in [2.75, 3.05) is 5.32 Å². The molecule has 0 atom stereocenters. The van der Waals surface area contributed by atoms with E-state index < -0.39 is 10.8 Å². The van der Waals surface area contributed by atoms with E-state index in [2.05, 4.69) is 10.5 Å². The van der Waals surface area contributed by atoms with Gasteiger partial charge < -0.3 is 9.84 Å². The summed E-state index contributed by atoms with van der Waals surface area (Å²) in [6.07, 6.45) is 0. The molecule has 1 N–H and O–H groups in total. The molecule has 3 rings (SSSR count). The van der Waals surface area contributed by atoms with Gasteiger partial charge in [0.05, 0.1) is 10.6 Å². The van der Waals surface area contributed by atoms with Crippen LogP contribution in [0, 0.1) is 17.0 Å². The van der Waals surface area contributed by atoms with E-state index in [1.165, 1.54) is 18.2 Å². The number of nitro benzene ring substituents is 1. The van der Waals surface area contributed by atoms with Crippen LogP contribution in [-0.4, -0.2) is 16.0 Å². The Morgan fingerprint density at radius 1 is 1.17 bits per heavy atom. The Labute approximate surface area is 137 Å². The van der Waals surface area contributed by atoms with Gasteiger partial charge in [-0.05, 0) is 12.5 Å². The Morgan fingerprint density at radius 2 is 1.92 bits per heavy atom. The molecular weight excluding hydrogens is 310 g/mol. The van der Waals surface area contributed by atoms with Crippen molar-refractivity contribution < 1.29 is 14.2 Å². The number of benzene rings is 2. The van der Waals surface area contributed by atoms with Crippen LogP contribution >= 0.6 is 0 Å². The third kappa shape index (κ3) is 3.14. The normalized spacial score (nSPS) is 10.4. The highest BCUT2D eigenvalue weighted by atomic mass is 16.6. The lowest BCUT2D eigenvalue weighted by atomic mass is 10.1. The molecule has 1 amide bonds. The summed E-state index contributed by atoms with van der Waals surface area (Å²) in [7, 11) is 0. The zero-order valence-corrected chi connectivity index (χ0v) is 12.7. The standard InChI is InChI=1S/C17H13N3O4/c1-11-7-8-13(20(22)23)9-14(11)18-17(21)15-10-16(24-19-15)12-5-3-2-4-6-12/h2-10H,1H3,(H,18,21). The van der Waals surface area contributed by atoms with Gasteiger partial charge in [-0.2, -0.15) is 0 Å². The van der Waals surface area contributed by atoms with Gasteiger partial charge in [-0.3, -0.25) is 14.9 Å². The van der Waals surface area contributed by atoms with Gasteiger partial charge in [-0.1, -0.05) is 41.6 Å². The maximum Gasteiger partial charge on any atom is 0.277 e. The highest BCUT2D eigenvalue weighted by Crippen LogP contribution is 2.24. The number of nitrogens with one attached hydrogen (secondary N) is 1. The fourth-order valence-corrected chi connectivity index (χ4v) is 2.17. The van der Waals surface area contributed by atoms with Crippen molar-refractivity contribution in [3.05, 3.63) is 76.0 Å². The number of anilines is 1. The summed E-state index contributed by atoms with van der Waals surface area (Å²) >= 11 is 0. The summed E-state index contributed by atoms with van der Waals surface area (Å²) in [4.78, 5) is 22.6. The minimum absolute atomic E-state index is 0.0963. The summed E-state index contributed by atoms with van der Waals surface area (Å²) in [5.41, 5.74) is 1.87. The largest absolute Gasteiger partial charge is 0.355 e. The van der Waals surface area contributed by atoms with Crippen LogP contribution in [0.15, 0.2) is 59.1 Å². The first-order chi connectivity index (χ1) is 11.5. The second kappa shape index (κ2) is 6.33. The zero-order valence-electron chi connectivity index (χ0n) is 12.7. The SMILES string of the molecule is Cc1ccc([N+](=O)[O-])cc1NC(=O)c1cc(-c2ccccc2)on1. The number of carbonyl (C=O) groups is 1. The van der Waals surface area contributed by atoms with Gasteiger partial charge in [-0.25, -0.2) is 0 Å². The number of nitro groups is 1. The zero-order chi connectivity index (χ0) is 17.1. The third-order valence-corrected chi connectivity index (χ3v) is 3.48. The van der Waals surface area contributed by atoms with Crippen LogP contribution in [0.2, 0.25) is 0 Å². The number of hydrogen-bond acceptors (Lipinski definition) is 5. The number of aryl methyl sites for hydroxylation is 1. The molecule has 7 nitrogen and oxygen atoms in total. The van der Waals surface area contributed by atoms with E-state index in [1.54, 1.807) is 13.0 Å². The first-order valence-electron chi connectivity index (χ1n) is 7.13. The molecule has 24 heavy (non-hydrogen) atoms. The van der Waals surface area contributed by atoms with E-state index in [1.807, 2.05) is 30.3 Å². The Kier molecular flexibility index (Phi) is 4.07. The van der Waals surface area contributed by atoms with Gasteiger partial charge in [0.25, 0.3) is 11.6 Å². The fourth-order valence-electron chi connectivity index (χ4n) is 2.17. The maximum absolute atomic E-state index is 12.3. The number of amides is 1. The predicted octanol–water partition coefficient (Wildman–Crippen LogP) is 3.81. The second-order valence-corrected chi connectivity index (χ2v) is 5.15. The summed E-state index contributed by atoms with van der Waals surface area (Å²) in [5, 5.41) is 17.2. The topological polar surface area (TPSA) is 98.3 Å². The van der Waals surface area contributed by atoms with Crippen molar-refractivity contribution in [2.45, 2.75) is 6.92 Å². The summed E-state index contributed by atoms with van der Waals surface area (Å²) in [5.74, 6) is -0.0268. The molecule has 1 aromatic heterocycles. The van der Waals surface area contributed by atoms with Gasteiger partial charge in [0, 0.05) is 23.8 Å². The molecule has 120 valence electrons. The highest BCUT2D eigenvalue weighted by molar-refractivity contribution is 6.03.